The number of hydrogen-bond donors (Lipinski definition) is 2. The Morgan fingerprint density at radius 2 is 1.41 bits per heavy atom. The van der Waals surface area contributed by atoms with Crippen LogP contribution < -0.4 is 10.7 Å². The summed E-state index contributed by atoms with van der Waals surface area (Å²) in [6.45, 7) is 0. The van der Waals surface area contributed by atoms with Crippen molar-refractivity contribution in [1.82, 2.24) is 5.43 Å². The summed E-state index contributed by atoms with van der Waals surface area (Å²) in [6, 6.07) is 21.3. The van der Waals surface area contributed by atoms with E-state index in [1.807, 2.05) is 36.4 Å². The maximum absolute atomic E-state index is 12.9. The molecular weight excluding hydrogens is 369 g/mol. The second kappa shape index (κ2) is 9.75. The number of amides is 2. The number of nitrogens with one attached hydrogen (secondary N) is 2. The van der Waals surface area contributed by atoms with E-state index in [0.29, 0.717) is 16.8 Å². The van der Waals surface area contributed by atoms with Crippen LogP contribution in [-0.4, -0.2) is 18.0 Å². The van der Waals surface area contributed by atoms with E-state index in [0.717, 1.165) is 5.56 Å². The first-order chi connectivity index (χ1) is 14.1. The minimum Gasteiger partial charge on any atom is -0.322 e. The molecule has 6 heteroatoms. The Morgan fingerprint density at radius 1 is 0.793 bits per heavy atom. The summed E-state index contributed by atoms with van der Waals surface area (Å²) in [4.78, 5) is 24.2. The van der Waals surface area contributed by atoms with Crippen LogP contribution >= 0.6 is 0 Å². The van der Waals surface area contributed by atoms with Crippen LogP contribution in [0.4, 0.5) is 10.1 Å². The van der Waals surface area contributed by atoms with Crippen LogP contribution in [-0.2, 0) is 0 Å². The van der Waals surface area contributed by atoms with Crippen LogP contribution in [0.1, 0.15) is 26.3 Å². The number of halogens is 1. The highest BCUT2D eigenvalue weighted by Gasteiger charge is 2.08. The van der Waals surface area contributed by atoms with Crippen LogP contribution in [0.15, 0.2) is 90.0 Å². The van der Waals surface area contributed by atoms with Gasteiger partial charge in [-0.3, -0.25) is 9.59 Å². The van der Waals surface area contributed by atoms with Crippen LogP contribution in [0.5, 0.6) is 0 Å². The lowest BCUT2D eigenvalue weighted by Crippen LogP contribution is -2.17. The van der Waals surface area contributed by atoms with Crippen LogP contribution in [0.2, 0.25) is 0 Å². The Labute approximate surface area is 167 Å². The summed E-state index contributed by atoms with van der Waals surface area (Å²) >= 11 is 0. The van der Waals surface area contributed by atoms with Crippen molar-refractivity contribution >= 4 is 29.8 Å². The minimum absolute atomic E-state index is 0.339. The van der Waals surface area contributed by atoms with Crippen molar-refractivity contribution in [3.63, 3.8) is 0 Å². The van der Waals surface area contributed by atoms with Gasteiger partial charge in [0.15, 0.2) is 0 Å². The third kappa shape index (κ3) is 5.97. The van der Waals surface area contributed by atoms with E-state index >= 15 is 0 Å². The van der Waals surface area contributed by atoms with Crippen molar-refractivity contribution < 1.29 is 14.0 Å². The van der Waals surface area contributed by atoms with Crippen molar-refractivity contribution in [3.05, 3.63) is 107 Å². The van der Waals surface area contributed by atoms with Gasteiger partial charge in [0.05, 0.1) is 0 Å². The summed E-state index contributed by atoms with van der Waals surface area (Å²) in [5, 5.41) is 6.56. The Balaban J connectivity index is 1.52. The van der Waals surface area contributed by atoms with Crippen LogP contribution in [0, 0.1) is 5.82 Å². The number of benzene rings is 3. The normalized spacial score (nSPS) is 10.9. The summed E-state index contributed by atoms with van der Waals surface area (Å²) in [5.41, 5.74) is 4.72. The van der Waals surface area contributed by atoms with Crippen LogP contribution in [0.3, 0.4) is 0 Å². The Kier molecular flexibility index (Phi) is 6.62. The van der Waals surface area contributed by atoms with Gasteiger partial charge in [0.25, 0.3) is 11.8 Å². The van der Waals surface area contributed by atoms with Crippen molar-refractivity contribution in [2.75, 3.05) is 5.32 Å². The Morgan fingerprint density at radius 3 is 2.10 bits per heavy atom. The van der Waals surface area contributed by atoms with Crippen molar-refractivity contribution in [2.24, 2.45) is 5.10 Å². The molecule has 3 rings (SSSR count). The maximum Gasteiger partial charge on any atom is 0.271 e. The van der Waals surface area contributed by atoms with Gasteiger partial charge in [-0.15, -0.1) is 0 Å². The predicted octanol–water partition coefficient (Wildman–Crippen LogP) is 4.51. The zero-order valence-corrected chi connectivity index (χ0v) is 15.4. The number of rotatable bonds is 6. The lowest BCUT2D eigenvalue weighted by molar-refractivity contribution is 0.0954. The zero-order valence-electron chi connectivity index (χ0n) is 15.4. The SMILES string of the molecule is O=C(N/N=C\C=C\c1ccccc1)c1ccc(NC(=O)c2ccc(F)cc2)cc1. The molecular formula is C23H18FN3O2. The van der Waals surface area contributed by atoms with E-state index in [1.165, 1.54) is 30.5 Å². The fourth-order valence-electron chi connectivity index (χ4n) is 2.43. The lowest BCUT2D eigenvalue weighted by Gasteiger charge is -2.06. The van der Waals surface area contributed by atoms with Crippen LogP contribution in [0.25, 0.3) is 6.08 Å². The smallest absolute Gasteiger partial charge is 0.271 e. The van der Waals surface area contributed by atoms with Gasteiger partial charge in [0.1, 0.15) is 5.82 Å². The highest BCUT2D eigenvalue weighted by molar-refractivity contribution is 6.04. The quantitative estimate of drug-likeness (QED) is 0.483. The van der Waals surface area contributed by atoms with E-state index in [-0.39, 0.29) is 11.8 Å². The van der Waals surface area contributed by atoms with Crippen molar-refractivity contribution in [2.45, 2.75) is 0 Å². The number of hydrazone groups is 1. The second-order valence-electron chi connectivity index (χ2n) is 6.03. The predicted molar refractivity (Wildman–Crippen MR) is 112 cm³/mol. The molecule has 144 valence electrons. The van der Waals surface area contributed by atoms with E-state index in [1.54, 1.807) is 30.3 Å². The maximum atomic E-state index is 12.9. The summed E-state index contributed by atoms with van der Waals surface area (Å²) in [6.07, 6.45) is 5.08. The van der Waals surface area contributed by atoms with Gasteiger partial charge < -0.3 is 5.32 Å². The summed E-state index contributed by atoms with van der Waals surface area (Å²) in [7, 11) is 0. The molecule has 0 fully saturated rings. The molecule has 0 aliphatic carbocycles. The zero-order chi connectivity index (χ0) is 20.5. The molecule has 0 aliphatic heterocycles. The van der Waals surface area contributed by atoms with Gasteiger partial charge in [0.2, 0.25) is 0 Å². The van der Waals surface area contributed by atoms with Gasteiger partial charge in [-0.1, -0.05) is 36.4 Å². The molecule has 0 bridgehead atoms. The molecule has 3 aromatic rings. The Hall–Kier alpha value is -4.06. The third-order valence-corrected chi connectivity index (χ3v) is 3.93. The third-order valence-electron chi connectivity index (χ3n) is 3.93. The second-order valence-corrected chi connectivity index (χ2v) is 6.03. The number of carbonyl (C=O) groups is 2. The average molecular weight is 387 g/mol. The largest absolute Gasteiger partial charge is 0.322 e. The van der Waals surface area contributed by atoms with Crippen molar-refractivity contribution in [1.29, 1.82) is 0 Å². The molecule has 2 amide bonds. The molecule has 0 saturated carbocycles. The number of carbonyl (C=O) groups excluding carboxylic acids is 2. The highest BCUT2D eigenvalue weighted by Crippen LogP contribution is 2.12. The molecule has 0 saturated heterocycles. The number of anilines is 1. The molecule has 0 aromatic heterocycles. The molecule has 0 atom stereocenters. The molecule has 0 heterocycles. The van der Waals surface area contributed by atoms with Gasteiger partial charge in [0, 0.05) is 23.0 Å². The van der Waals surface area contributed by atoms with E-state index in [2.05, 4.69) is 15.8 Å². The van der Waals surface area contributed by atoms with Gasteiger partial charge in [-0.2, -0.15) is 5.10 Å². The first-order valence-corrected chi connectivity index (χ1v) is 8.84. The average Bonchev–Trinajstić information content (AvgIpc) is 2.75. The molecule has 29 heavy (non-hydrogen) atoms. The highest BCUT2D eigenvalue weighted by atomic mass is 19.1. The first kappa shape index (κ1) is 19.7. The molecule has 2 N–H and O–H groups in total. The van der Waals surface area contributed by atoms with Gasteiger partial charge >= 0.3 is 0 Å². The Bertz CT molecular complexity index is 1030. The van der Waals surface area contributed by atoms with E-state index in [9.17, 15) is 14.0 Å². The number of nitrogens with zero attached hydrogens (tertiary/aromatic N) is 1. The molecule has 0 spiro atoms. The number of allylic oxidation sites excluding steroid dienone is 1. The molecule has 5 nitrogen and oxygen atoms in total. The molecule has 0 radical (unpaired) electrons. The van der Waals surface area contributed by atoms with E-state index < -0.39 is 5.82 Å². The van der Waals surface area contributed by atoms with E-state index in [4.69, 9.17) is 0 Å². The summed E-state index contributed by atoms with van der Waals surface area (Å²) < 4.78 is 12.9. The molecule has 3 aromatic carbocycles. The topological polar surface area (TPSA) is 70.6 Å². The van der Waals surface area contributed by atoms with Gasteiger partial charge in [-0.25, -0.2) is 9.82 Å². The van der Waals surface area contributed by atoms with Crippen molar-refractivity contribution in [3.8, 4) is 0 Å². The number of hydrogen-bond acceptors (Lipinski definition) is 3. The standard InChI is InChI=1S/C23H18FN3O2/c24-20-12-8-18(9-13-20)22(28)26-21-14-10-19(11-15-21)23(29)27-25-16-4-7-17-5-2-1-3-6-17/h1-16H,(H,26,28)(H,27,29)/b7-4+,25-16-. The monoisotopic (exact) mass is 387 g/mol. The van der Waals surface area contributed by atoms with Gasteiger partial charge in [-0.05, 0) is 60.2 Å². The fraction of sp³-hybridized carbons (Fsp3) is 0. The lowest BCUT2D eigenvalue weighted by atomic mass is 10.1. The molecule has 0 aliphatic rings. The first-order valence-electron chi connectivity index (χ1n) is 8.84. The fourth-order valence-corrected chi connectivity index (χ4v) is 2.43. The molecule has 0 unspecified atom stereocenters. The summed E-state index contributed by atoms with van der Waals surface area (Å²) in [5.74, 6) is -1.14. The minimum atomic E-state index is -0.407.